The standard InChI is InChI=1S/C15H24N2O2S2/c1-12(9-10-20-2)17-21(18,19)15-6-4-3-5-13(15)11-16-14-7-8-14/h3-6,12,14,16-17H,7-11H2,1-2H3. The average molecular weight is 329 g/mol. The maximum absolute atomic E-state index is 12.5. The second-order valence-electron chi connectivity index (χ2n) is 5.57. The lowest BCUT2D eigenvalue weighted by Crippen LogP contribution is -2.34. The molecular formula is C15H24N2O2S2. The van der Waals surface area contributed by atoms with Gasteiger partial charge in [0.05, 0.1) is 4.90 Å². The van der Waals surface area contributed by atoms with Crippen LogP contribution in [0.15, 0.2) is 29.2 Å². The summed E-state index contributed by atoms with van der Waals surface area (Å²) in [6.07, 6.45) is 5.25. The first kappa shape index (κ1) is 16.8. The van der Waals surface area contributed by atoms with E-state index in [1.165, 1.54) is 12.8 Å². The second-order valence-corrected chi connectivity index (χ2v) is 8.23. The van der Waals surface area contributed by atoms with Crippen LogP contribution in [0.2, 0.25) is 0 Å². The molecule has 0 saturated heterocycles. The maximum Gasteiger partial charge on any atom is 0.241 e. The van der Waals surface area contributed by atoms with E-state index in [2.05, 4.69) is 10.0 Å². The molecule has 0 radical (unpaired) electrons. The van der Waals surface area contributed by atoms with Crippen LogP contribution < -0.4 is 10.0 Å². The molecule has 2 N–H and O–H groups in total. The molecule has 1 aliphatic rings. The minimum Gasteiger partial charge on any atom is -0.310 e. The van der Waals surface area contributed by atoms with Crippen LogP contribution >= 0.6 is 11.8 Å². The van der Waals surface area contributed by atoms with E-state index in [1.807, 2.05) is 25.3 Å². The van der Waals surface area contributed by atoms with E-state index >= 15 is 0 Å². The average Bonchev–Trinajstić information content (AvgIpc) is 3.27. The number of sulfonamides is 1. The zero-order valence-electron chi connectivity index (χ0n) is 12.6. The van der Waals surface area contributed by atoms with Crippen LogP contribution in [0.4, 0.5) is 0 Å². The van der Waals surface area contributed by atoms with Gasteiger partial charge in [-0.1, -0.05) is 18.2 Å². The summed E-state index contributed by atoms with van der Waals surface area (Å²) in [6, 6.07) is 7.76. The molecule has 1 unspecified atom stereocenters. The van der Waals surface area contributed by atoms with Gasteiger partial charge in [-0.15, -0.1) is 0 Å². The molecule has 4 nitrogen and oxygen atoms in total. The van der Waals surface area contributed by atoms with Gasteiger partial charge in [0.25, 0.3) is 0 Å². The van der Waals surface area contributed by atoms with Crippen molar-refractivity contribution in [2.45, 2.75) is 49.7 Å². The number of thioether (sulfide) groups is 1. The van der Waals surface area contributed by atoms with E-state index in [0.717, 1.165) is 17.7 Å². The molecule has 1 fully saturated rings. The summed E-state index contributed by atoms with van der Waals surface area (Å²) in [7, 11) is -3.45. The molecule has 21 heavy (non-hydrogen) atoms. The lowest BCUT2D eigenvalue weighted by Gasteiger charge is -2.16. The lowest BCUT2D eigenvalue weighted by atomic mass is 10.2. The van der Waals surface area contributed by atoms with Gasteiger partial charge in [0.2, 0.25) is 10.0 Å². The summed E-state index contributed by atoms with van der Waals surface area (Å²) in [5.74, 6) is 0.953. The predicted molar refractivity (Wildman–Crippen MR) is 89.1 cm³/mol. The normalized spacial score (nSPS) is 16.9. The Kier molecular flexibility index (Phi) is 6.10. The summed E-state index contributed by atoms with van der Waals surface area (Å²) in [6.45, 7) is 2.53. The lowest BCUT2D eigenvalue weighted by molar-refractivity contribution is 0.554. The van der Waals surface area contributed by atoms with Crippen molar-refractivity contribution in [2.75, 3.05) is 12.0 Å². The predicted octanol–water partition coefficient (Wildman–Crippen LogP) is 2.36. The highest BCUT2D eigenvalue weighted by Gasteiger charge is 2.23. The van der Waals surface area contributed by atoms with Crippen LogP contribution in [0.25, 0.3) is 0 Å². The Hall–Kier alpha value is -0.560. The van der Waals surface area contributed by atoms with Gasteiger partial charge in [0.1, 0.15) is 0 Å². The van der Waals surface area contributed by atoms with Gasteiger partial charge < -0.3 is 5.32 Å². The number of hydrogen-bond donors (Lipinski definition) is 2. The fourth-order valence-corrected chi connectivity index (χ4v) is 4.24. The van der Waals surface area contributed by atoms with Crippen LogP contribution in [0.5, 0.6) is 0 Å². The van der Waals surface area contributed by atoms with Gasteiger partial charge >= 0.3 is 0 Å². The molecule has 118 valence electrons. The number of benzene rings is 1. The largest absolute Gasteiger partial charge is 0.310 e. The minimum atomic E-state index is -3.45. The SMILES string of the molecule is CSCCC(C)NS(=O)(=O)c1ccccc1CNC1CC1. The molecule has 0 spiro atoms. The van der Waals surface area contributed by atoms with Gasteiger partial charge in [-0.2, -0.15) is 11.8 Å². The summed E-state index contributed by atoms with van der Waals surface area (Å²) < 4.78 is 27.9. The first-order valence-electron chi connectivity index (χ1n) is 7.35. The van der Waals surface area contributed by atoms with Crippen molar-refractivity contribution >= 4 is 21.8 Å². The Balaban J connectivity index is 2.06. The van der Waals surface area contributed by atoms with E-state index in [-0.39, 0.29) is 6.04 Å². The molecule has 1 aromatic carbocycles. The van der Waals surface area contributed by atoms with Crippen molar-refractivity contribution in [1.82, 2.24) is 10.0 Å². The summed E-state index contributed by atoms with van der Waals surface area (Å²) >= 11 is 1.73. The van der Waals surface area contributed by atoms with Gasteiger partial charge in [-0.3, -0.25) is 0 Å². The Morgan fingerprint density at radius 2 is 2.05 bits per heavy atom. The van der Waals surface area contributed by atoms with E-state index in [4.69, 9.17) is 0 Å². The van der Waals surface area contributed by atoms with Crippen LogP contribution in [0.3, 0.4) is 0 Å². The third kappa shape index (κ3) is 5.29. The molecule has 1 aromatic rings. The Morgan fingerprint density at radius 1 is 1.33 bits per heavy atom. The quantitative estimate of drug-likeness (QED) is 0.731. The van der Waals surface area contributed by atoms with E-state index < -0.39 is 10.0 Å². The highest BCUT2D eigenvalue weighted by Crippen LogP contribution is 2.21. The molecule has 2 rings (SSSR count). The monoisotopic (exact) mass is 328 g/mol. The molecule has 0 aliphatic heterocycles. The fraction of sp³-hybridized carbons (Fsp3) is 0.600. The van der Waals surface area contributed by atoms with Gasteiger partial charge in [-0.05, 0) is 49.8 Å². The molecule has 0 amide bonds. The second kappa shape index (κ2) is 7.63. The third-order valence-electron chi connectivity index (χ3n) is 3.53. The van der Waals surface area contributed by atoms with Crippen LogP contribution in [0, 0.1) is 0 Å². The van der Waals surface area contributed by atoms with Crippen molar-refractivity contribution in [3.63, 3.8) is 0 Å². The third-order valence-corrected chi connectivity index (χ3v) is 5.87. The highest BCUT2D eigenvalue weighted by molar-refractivity contribution is 7.98. The van der Waals surface area contributed by atoms with Gasteiger partial charge in [0.15, 0.2) is 0 Å². The van der Waals surface area contributed by atoms with Crippen LogP contribution in [-0.2, 0) is 16.6 Å². The fourth-order valence-electron chi connectivity index (χ4n) is 2.14. The zero-order valence-corrected chi connectivity index (χ0v) is 14.3. The Labute approximate surface area is 132 Å². The van der Waals surface area contributed by atoms with E-state index in [1.54, 1.807) is 23.9 Å². The molecular weight excluding hydrogens is 304 g/mol. The van der Waals surface area contributed by atoms with Gasteiger partial charge in [-0.25, -0.2) is 13.1 Å². The van der Waals surface area contributed by atoms with E-state index in [0.29, 0.717) is 17.5 Å². The zero-order chi connectivity index (χ0) is 15.3. The minimum absolute atomic E-state index is 0.0492. The summed E-state index contributed by atoms with van der Waals surface area (Å²) in [4.78, 5) is 0.397. The van der Waals surface area contributed by atoms with E-state index in [9.17, 15) is 8.42 Å². The summed E-state index contributed by atoms with van der Waals surface area (Å²) in [5, 5.41) is 3.38. The highest BCUT2D eigenvalue weighted by atomic mass is 32.2. The first-order valence-corrected chi connectivity index (χ1v) is 10.2. The first-order chi connectivity index (χ1) is 10.0. The topological polar surface area (TPSA) is 58.2 Å². The van der Waals surface area contributed by atoms with Gasteiger partial charge in [0, 0.05) is 18.6 Å². The molecule has 1 saturated carbocycles. The number of hydrogen-bond acceptors (Lipinski definition) is 4. The molecule has 0 heterocycles. The van der Waals surface area contributed by atoms with Crippen molar-refractivity contribution in [3.8, 4) is 0 Å². The molecule has 0 bridgehead atoms. The molecule has 6 heteroatoms. The van der Waals surface area contributed by atoms with Crippen molar-refractivity contribution < 1.29 is 8.42 Å². The van der Waals surface area contributed by atoms with Crippen molar-refractivity contribution in [2.24, 2.45) is 0 Å². The molecule has 0 aromatic heterocycles. The number of rotatable bonds is 9. The Bertz CT molecular complexity index is 557. The van der Waals surface area contributed by atoms with Crippen LogP contribution in [0.1, 0.15) is 31.7 Å². The van der Waals surface area contributed by atoms with Crippen molar-refractivity contribution in [1.29, 1.82) is 0 Å². The Morgan fingerprint density at radius 3 is 2.71 bits per heavy atom. The smallest absolute Gasteiger partial charge is 0.241 e. The maximum atomic E-state index is 12.5. The summed E-state index contributed by atoms with van der Waals surface area (Å²) in [5.41, 5.74) is 0.842. The number of nitrogens with one attached hydrogen (secondary N) is 2. The van der Waals surface area contributed by atoms with Crippen molar-refractivity contribution in [3.05, 3.63) is 29.8 Å². The molecule has 1 aliphatic carbocycles. The van der Waals surface area contributed by atoms with Crippen LogP contribution in [-0.4, -0.2) is 32.5 Å². The molecule has 1 atom stereocenters.